The van der Waals surface area contributed by atoms with Crippen LogP contribution in [-0.2, 0) is 4.79 Å². The number of aryl methyl sites for hydroxylation is 1. The zero-order valence-corrected chi connectivity index (χ0v) is 9.63. The van der Waals surface area contributed by atoms with Crippen LogP contribution in [-0.4, -0.2) is 5.97 Å². The first kappa shape index (κ1) is 11.5. The molecule has 0 fully saturated rings. The lowest BCUT2D eigenvalue weighted by Gasteiger charge is -2.08. The normalized spacial score (nSPS) is 11.3. The van der Waals surface area contributed by atoms with Crippen molar-refractivity contribution in [1.29, 1.82) is 0 Å². The highest BCUT2D eigenvalue weighted by Crippen LogP contribution is 2.21. The summed E-state index contributed by atoms with van der Waals surface area (Å²) in [7, 11) is 0. The maximum absolute atomic E-state index is 11.5. The lowest BCUT2D eigenvalue weighted by Crippen LogP contribution is -2.10. The summed E-state index contributed by atoms with van der Waals surface area (Å²) in [5.41, 5.74) is 2.75. The van der Waals surface area contributed by atoms with E-state index in [0.29, 0.717) is 11.3 Å². The van der Waals surface area contributed by atoms with Gasteiger partial charge >= 0.3 is 5.97 Å². The van der Waals surface area contributed by atoms with E-state index in [0.717, 1.165) is 11.1 Å². The number of hydrogen-bond acceptors (Lipinski definition) is 2. The molecule has 0 N–H and O–H groups in total. The van der Waals surface area contributed by atoms with Gasteiger partial charge in [0.1, 0.15) is 5.75 Å². The molecule has 0 amide bonds. The van der Waals surface area contributed by atoms with Crippen LogP contribution in [0.25, 0.3) is 0 Å². The highest BCUT2D eigenvalue weighted by molar-refractivity contribution is 5.89. The lowest BCUT2D eigenvalue weighted by molar-refractivity contribution is -0.130. The molecular formula is C13H16O2. The van der Waals surface area contributed by atoms with Gasteiger partial charge in [-0.05, 0) is 44.9 Å². The van der Waals surface area contributed by atoms with E-state index < -0.39 is 0 Å². The molecule has 2 nitrogen and oxygen atoms in total. The van der Waals surface area contributed by atoms with Crippen molar-refractivity contribution in [2.75, 3.05) is 0 Å². The van der Waals surface area contributed by atoms with Crippen LogP contribution in [0.4, 0.5) is 0 Å². The van der Waals surface area contributed by atoms with Crippen LogP contribution in [0.3, 0.4) is 0 Å². The molecule has 1 aromatic carbocycles. The molecule has 15 heavy (non-hydrogen) atoms. The van der Waals surface area contributed by atoms with E-state index in [1.807, 2.05) is 39.0 Å². The van der Waals surface area contributed by atoms with E-state index in [2.05, 4.69) is 0 Å². The molecule has 0 spiro atoms. The van der Waals surface area contributed by atoms with Crippen LogP contribution in [0.15, 0.2) is 29.8 Å². The Kier molecular flexibility index (Phi) is 3.67. The highest BCUT2D eigenvalue weighted by atomic mass is 16.5. The van der Waals surface area contributed by atoms with Gasteiger partial charge in [-0.1, -0.05) is 18.2 Å². The van der Waals surface area contributed by atoms with Crippen molar-refractivity contribution in [2.45, 2.75) is 27.7 Å². The van der Waals surface area contributed by atoms with Gasteiger partial charge < -0.3 is 4.74 Å². The minimum atomic E-state index is -0.286. The van der Waals surface area contributed by atoms with Crippen LogP contribution in [0.1, 0.15) is 25.0 Å². The third-order valence-corrected chi connectivity index (χ3v) is 2.51. The molecule has 2 heteroatoms. The molecule has 0 unspecified atom stereocenters. The SMILES string of the molecule is C/C=C(/C)C(=O)Oc1cccc(C)c1C. The van der Waals surface area contributed by atoms with E-state index in [4.69, 9.17) is 4.74 Å². The zero-order chi connectivity index (χ0) is 11.4. The highest BCUT2D eigenvalue weighted by Gasteiger charge is 2.09. The van der Waals surface area contributed by atoms with E-state index >= 15 is 0 Å². The van der Waals surface area contributed by atoms with E-state index in [-0.39, 0.29) is 5.97 Å². The van der Waals surface area contributed by atoms with Crippen molar-refractivity contribution in [3.63, 3.8) is 0 Å². The molecule has 0 saturated heterocycles. The summed E-state index contributed by atoms with van der Waals surface area (Å²) >= 11 is 0. The minimum Gasteiger partial charge on any atom is -0.423 e. The third kappa shape index (κ3) is 2.69. The predicted molar refractivity (Wildman–Crippen MR) is 61.0 cm³/mol. The molecule has 0 aliphatic heterocycles. The number of hydrogen-bond donors (Lipinski definition) is 0. The summed E-state index contributed by atoms with van der Waals surface area (Å²) in [6, 6.07) is 5.69. The van der Waals surface area contributed by atoms with Gasteiger partial charge in [0, 0.05) is 5.57 Å². The first-order valence-corrected chi connectivity index (χ1v) is 4.97. The molecule has 0 aromatic heterocycles. The smallest absolute Gasteiger partial charge is 0.338 e. The molecule has 0 aliphatic carbocycles. The Morgan fingerprint density at radius 2 is 2.00 bits per heavy atom. The number of rotatable bonds is 2. The average molecular weight is 204 g/mol. The minimum absolute atomic E-state index is 0.286. The van der Waals surface area contributed by atoms with Crippen molar-refractivity contribution >= 4 is 5.97 Å². The van der Waals surface area contributed by atoms with Gasteiger partial charge in [0.25, 0.3) is 0 Å². The molecular weight excluding hydrogens is 188 g/mol. The van der Waals surface area contributed by atoms with Crippen LogP contribution in [0.2, 0.25) is 0 Å². The first-order chi connectivity index (χ1) is 7.06. The van der Waals surface area contributed by atoms with Crippen LogP contribution in [0, 0.1) is 13.8 Å². The Bertz CT molecular complexity index is 403. The predicted octanol–water partition coefficient (Wildman–Crippen LogP) is 3.18. The number of carbonyl (C=O) groups excluding carboxylic acids is 1. The van der Waals surface area contributed by atoms with Crippen molar-refractivity contribution in [3.8, 4) is 5.75 Å². The zero-order valence-electron chi connectivity index (χ0n) is 9.63. The first-order valence-electron chi connectivity index (χ1n) is 4.97. The Labute approximate surface area is 90.6 Å². The molecule has 0 atom stereocenters. The quantitative estimate of drug-likeness (QED) is 0.420. The maximum atomic E-state index is 11.5. The molecule has 0 radical (unpaired) electrons. The van der Waals surface area contributed by atoms with Crippen molar-refractivity contribution in [3.05, 3.63) is 41.0 Å². The molecule has 0 bridgehead atoms. The second-order valence-electron chi connectivity index (χ2n) is 3.56. The number of benzene rings is 1. The summed E-state index contributed by atoms with van der Waals surface area (Å²) in [4.78, 5) is 11.5. The van der Waals surface area contributed by atoms with E-state index in [1.54, 1.807) is 13.0 Å². The number of allylic oxidation sites excluding steroid dienone is 1. The largest absolute Gasteiger partial charge is 0.423 e. The van der Waals surface area contributed by atoms with Gasteiger partial charge in [-0.3, -0.25) is 0 Å². The lowest BCUT2D eigenvalue weighted by atomic mass is 10.1. The fraction of sp³-hybridized carbons (Fsp3) is 0.308. The topological polar surface area (TPSA) is 26.3 Å². The van der Waals surface area contributed by atoms with Crippen molar-refractivity contribution < 1.29 is 9.53 Å². The molecule has 1 aromatic rings. The average Bonchev–Trinajstić information content (AvgIpc) is 2.23. The monoisotopic (exact) mass is 204 g/mol. The summed E-state index contributed by atoms with van der Waals surface area (Å²) in [6.45, 7) is 7.51. The van der Waals surface area contributed by atoms with Gasteiger partial charge in [-0.15, -0.1) is 0 Å². The van der Waals surface area contributed by atoms with Gasteiger partial charge in [0.2, 0.25) is 0 Å². The van der Waals surface area contributed by atoms with Gasteiger partial charge in [0.05, 0.1) is 0 Å². The van der Waals surface area contributed by atoms with E-state index in [9.17, 15) is 4.79 Å². The van der Waals surface area contributed by atoms with Gasteiger partial charge in [-0.2, -0.15) is 0 Å². The Hall–Kier alpha value is -1.57. The molecule has 1 rings (SSSR count). The number of ether oxygens (including phenoxy) is 1. The Morgan fingerprint density at radius 3 is 2.60 bits per heavy atom. The number of carbonyl (C=O) groups is 1. The summed E-state index contributed by atoms with van der Waals surface area (Å²) in [6.07, 6.45) is 1.74. The fourth-order valence-corrected chi connectivity index (χ4v) is 1.13. The fourth-order valence-electron chi connectivity index (χ4n) is 1.13. The van der Waals surface area contributed by atoms with Crippen molar-refractivity contribution in [2.24, 2.45) is 0 Å². The Balaban J connectivity index is 2.91. The van der Waals surface area contributed by atoms with Crippen molar-refractivity contribution in [1.82, 2.24) is 0 Å². The second kappa shape index (κ2) is 4.78. The van der Waals surface area contributed by atoms with Gasteiger partial charge in [-0.25, -0.2) is 4.79 Å². The van der Waals surface area contributed by atoms with Crippen LogP contribution < -0.4 is 4.74 Å². The molecule has 0 heterocycles. The van der Waals surface area contributed by atoms with E-state index in [1.165, 1.54) is 0 Å². The molecule has 0 saturated carbocycles. The third-order valence-electron chi connectivity index (χ3n) is 2.51. The van der Waals surface area contributed by atoms with Gasteiger partial charge in [0.15, 0.2) is 0 Å². The molecule has 80 valence electrons. The standard InChI is InChI=1S/C13H16O2/c1-5-9(2)13(14)15-12-8-6-7-10(3)11(12)4/h5-8H,1-4H3/b9-5-. The number of esters is 1. The second-order valence-corrected chi connectivity index (χ2v) is 3.56. The molecule has 0 aliphatic rings. The summed E-state index contributed by atoms with van der Waals surface area (Å²) < 4.78 is 5.27. The van der Waals surface area contributed by atoms with Crippen LogP contribution >= 0.6 is 0 Å². The summed E-state index contributed by atoms with van der Waals surface area (Å²) in [5, 5.41) is 0. The maximum Gasteiger partial charge on any atom is 0.338 e. The van der Waals surface area contributed by atoms with Crippen LogP contribution in [0.5, 0.6) is 5.75 Å². The summed E-state index contributed by atoms with van der Waals surface area (Å²) in [5.74, 6) is 0.354. The Morgan fingerprint density at radius 1 is 1.33 bits per heavy atom.